The van der Waals surface area contributed by atoms with E-state index in [-0.39, 0.29) is 17.7 Å². The normalized spacial score (nSPS) is 20.8. The lowest BCUT2D eigenvalue weighted by atomic mass is 9.75. The Balaban J connectivity index is 1.68. The number of benzene rings is 1. The monoisotopic (exact) mass is 347 g/mol. The van der Waals surface area contributed by atoms with Gasteiger partial charge in [-0.05, 0) is 36.5 Å². The van der Waals surface area contributed by atoms with Crippen LogP contribution in [0.25, 0.3) is 0 Å². The lowest BCUT2D eigenvalue weighted by molar-refractivity contribution is -0.135. The molecule has 1 aromatic carbocycles. The molecular weight excluding hydrogens is 326 g/mol. The lowest BCUT2D eigenvalue weighted by Crippen LogP contribution is -2.38. The van der Waals surface area contributed by atoms with Crippen LogP contribution < -0.4 is 0 Å². The zero-order valence-corrected chi connectivity index (χ0v) is 14.5. The van der Waals surface area contributed by atoms with Crippen LogP contribution in [0.15, 0.2) is 24.3 Å². The van der Waals surface area contributed by atoms with Crippen molar-refractivity contribution in [2.24, 2.45) is 5.92 Å². The second-order valence-corrected chi connectivity index (χ2v) is 6.83. The lowest BCUT2D eigenvalue weighted by Gasteiger charge is -2.33. The maximum absolute atomic E-state index is 13.0. The van der Waals surface area contributed by atoms with Crippen LogP contribution in [-0.2, 0) is 11.2 Å². The molecule has 1 aliphatic carbocycles. The van der Waals surface area contributed by atoms with Crippen molar-refractivity contribution in [1.82, 2.24) is 25.5 Å². The fraction of sp³-hybridized carbons (Fsp3) is 0.529. The number of aromatic nitrogens is 4. The maximum atomic E-state index is 13.0. The third kappa shape index (κ3) is 3.93. The third-order valence-electron chi connectivity index (χ3n) is 4.80. The summed E-state index contributed by atoms with van der Waals surface area (Å²) >= 11 is 6.14. The third-order valence-corrected chi connectivity index (χ3v) is 5.03. The van der Waals surface area contributed by atoms with Gasteiger partial charge >= 0.3 is 0 Å². The van der Waals surface area contributed by atoms with Gasteiger partial charge in [-0.15, -0.1) is 10.2 Å². The number of hydrogen-bond acceptors (Lipinski definition) is 4. The van der Waals surface area contributed by atoms with Crippen LogP contribution in [0, 0.1) is 5.92 Å². The van der Waals surface area contributed by atoms with E-state index in [0.717, 1.165) is 30.7 Å². The van der Waals surface area contributed by atoms with E-state index >= 15 is 0 Å². The Kier molecular flexibility index (Phi) is 5.45. The number of carbonyl (C=O) groups is 1. The number of nitrogens with zero attached hydrogens (tertiary/aromatic N) is 4. The van der Waals surface area contributed by atoms with E-state index in [1.807, 2.05) is 25.2 Å². The van der Waals surface area contributed by atoms with Gasteiger partial charge in [0.05, 0.1) is 0 Å². The van der Waals surface area contributed by atoms with Gasteiger partial charge in [0, 0.05) is 31.0 Å². The molecular formula is C17H22ClN5O. The van der Waals surface area contributed by atoms with E-state index < -0.39 is 0 Å². The number of likely N-dealkylation sites (N-methyl/N-ethyl adjacent to an activating group) is 1. The van der Waals surface area contributed by atoms with Crippen molar-refractivity contribution >= 4 is 17.5 Å². The Labute approximate surface area is 146 Å². The molecule has 6 nitrogen and oxygen atoms in total. The summed E-state index contributed by atoms with van der Waals surface area (Å²) in [5.41, 5.74) is 1.17. The quantitative estimate of drug-likeness (QED) is 0.902. The highest BCUT2D eigenvalue weighted by molar-refractivity contribution is 6.30. The minimum absolute atomic E-state index is 0.0208. The summed E-state index contributed by atoms with van der Waals surface area (Å²) in [6, 6.07) is 7.92. The van der Waals surface area contributed by atoms with Gasteiger partial charge in [0.15, 0.2) is 5.82 Å². The second-order valence-electron chi connectivity index (χ2n) is 6.39. The van der Waals surface area contributed by atoms with Crippen molar-refractivity contribution in [3.05, 3.63) is 40.7 Å². The van der Waals surface area contributed by atoms with Crippen molar-refractivity contribution in [3.63, 3.8) is 0 Å². The topological polar surface area (TPSA) is 74.8 Å². The largest absolute Gasteiger partial charge is 0.345 e. The van der Waals surface area contributed by atoms with Gasteiger partial charge in [-0.3, -0.25) is 4.79 Å². The molecule has 0 radical (unpaired) electrons. The summed E-state index contributed by atoms with van der Waals surface area (Å²) < 4.78 is 0. The molecule has 1 amide bonds. The second kappa shape index (κ2) is 7.75. The first-order valence-electron chi connectivity index (χ1n) is 8.38. The van der Waals surface area contributed by atoms with Gasteiger partial charge in [0.1, 0.15) is 0 Å². The molecule has 7 heteroatoms. The Morgan fingerprint density at radius 3 is 2.96 bits per heavy atom. The summed E-state index contributed by atoms with van der Waals surface area (Å²) in [6.45, 7) is 0.594. The highest BCUT2D eigenvalue weighted by Crippen LogP contribution is 2.39. The molecule has 1 saturated carbocycles. The average molecular weight is 348 g/mol. The minimum Gasteiger partial charge on any atom is -0.345 e. The molecule has 0 spiro atoms. The molecule has 0 aliphatic heterocycles. The van der Waals surface area contributed by atoms with Gasteiger partial charge in [-0.25, -0.2) is 0 Å². The Morgan fingerprint density at radius 1 is 1.38 bits per heavy atom. The molecule has 2 aromatic rings. The van der Waals surface area contributed by atoms with Crippen molar-refractivity contribution in [3.8, 4) is 0 Å². The molecule has 128 valence electrons. The average Bonchev–Trinajstić information content (AvgIpc) is 3.12. The van der Waals surface area contributed by atoms with E-state index in [2.05, 4.69) is 26.7 Å². The summed E-state index contributed by atoms with van der Waals surface area (Å²) in [6.07, 6.45) is 4.84. The molecule has 0 unspecified atom stereocenters. The number of aromatic amines is 1. The number of tetrazole rings is 1. The van der Waals surface area contributed by atoms with E-state index in [1.54, 1.807) is 4.90 Å². The highest BCUT2D eigenvalue weighted by atomic mass is 35.5. The van der Waals surface area contributed by atoms with Gasteiger partial charge in [0.2, 0.25) is 5.91 Å². The Bertz CT molecular complexity index is 675. The molecule has 2 atom stereocenters. The fourth-order valence-electron chi connectivity index (χ4n) is 3.51. The van der Waals surface area contributed by atoms with E-state index in [0.29, 0.717) is 18.8 Å². The first-order chi connectivity index (χ1) is 11.6. The van der Waals surface area contributed by atoms with Crippen LogP contribution in [0.2, 0.25) is 5.02 Å². The number of carbonyl (C=O) groups excluding carboxylic acids is 1. The Morgan fingerprint density at radius 2 is 2.21 bits per heavy atom. The van der Waals surface area contributed by atoms with Crippen LogP contribution in [0.4, 0.5) is 0 Å². The molecule has 1 N–H and O–H groups in total. The van der Waals surface area contributed by atoms with Crippen molar-refractivity contribution in [2.45, 2.75) is 38.0 Å². The van der Waals surface area contributed by atoms with E-state index in [9.17, 15) is 4.79 Å². The summed E-state index contributed by atoms with van der Waals surface area (Å²) in [4.78, 5) is 14.8. The van der Waals surface area contributed by atoms with Crippen molar-refractivity contribution in [1.29, 1.82) is 0 Å². The van der Waals surface area contributed by atoms with Crippen LogP contribution in [0.1, 0.15) is 43.0 Å². The molecule has 3 rings (SSSR count). The predicted octanol–water partition coefficient (Wildman–Crippen LogP) is 2.83. The number of hydrogen-bond donors (Lipinski definition) is 1. The molecule has 1 fully saturated rings. The minimum atomic E-state index is 0.0208. The number of rotatable bonds is 5. The molecule has 24 heavy (non-hydrogen) atoms. The number of halogens is 1. The predicted molar refractivity (Wildman–Crippen MR) is 91.7 cm³/mol. The van der Waals surface area contributed by atoms with E-state index in [1.165, 1.54) is 5.56 Å². The first kappa shape index (κ1) is 16.9. The molecule has 0 saturated heterocycles. The summed E-state index contributed by atoms with van der Waals surface area (Å²) in [5, 5.41) is 14.6. The summed E-state index contributed by atoms with van der Waals surface area (Å²) in [5.74, 6) is 1.10. The first-order valence-corrected chi connectivity index (χ1v) is 8.75. The van der Waals surface area contributed by atoms with Crippen LogP contribution >= 0.6 is 11.6 Å². The van der Waals surface area contributed by atoms with Crippen molar-refractivity contribution in [2.75, 3.05) is 13.6 Å². The van der Waals surface area contributed by atoms with Crippen LogP contribution in [-0.4, -0.2) is 45.0 Å². The zero-order chi connectivity index (χ0) is 16.9. The van der Waals surface area contributed by atoms with Gasteiger partial charge in [-0.2, -0.15) is 5.21 Å². The number of amides is 1. The fourth-order valence-corrected chi connectivity index (χ4v) is 3.71. The molecule has 1 aromatic heterocycles. The number of H-pyrrole nitrogens is 1. The molecule has 0 bridgehead atoms. The van der Waals surface area contributed by atoms with E-state index in [4.69, 9.17) is 11.6 Å². The van der Waals surface area contributed by atoms with Crippen molar-refractivity contribution < 1.29 is 4.79 Å². The van der Waals surface area contributed by atoms with Gasteiger partial charge in [-0.1, -0.05) is 41.8 Å². The molecule has 1 heterocycles. The van der Waals surface area contributed by atoms with Gasteiger partial charge in [0.25, 0.3) is 0 Å². The van der Waals surface area contributed by atoms with Crippen LogP contribution in [0.3, 0.4) is 0 Å². The van der Waals surface area contributed by atoms with Crippen LogP contribution in [0.5, 0.6) is 0 Å². The standard InChI is InChI=1S/C17H22ClN5O/c1-23(10-9-16-19-21-22-20-16)17(24)15-8-3-2-7-14(15)12-5-4-6-13(18)11-12/h4-6,11,14-15H,2-3,7-10H2,1H3,(H,19,20,21,22)/t14-,15+/m0/s1. The van der Waals surface area contributed by atoms with Gasteiger partial charge < -0.3 is 4.90 Å². The molecule has 1 aliphatic rings. The zero-order valence-electron chi connectivity index (χ0n) is 13.8. The maximum Gasteiger partial charge on any atom is 0.226 e. The highest BCUT2D eigenvalue weighted by Gasteiger charge is 2.33. The Hall–Kier alpha value is -1.95. The smallest absolute Gasteiger partial charge is 0.226 e. The summed E-state index contributed by atoms with van der Waals surface area (Å²) in [7, 11) is 1.85. The SMILES string of the molecule is CN(CCc1nn[nH]n1)C(=O)[C@@H]1CCCC[C@H]1c1cccc(Cl)c1. The number of nitrogens with one attached hydrogen (secondary N) is 1.